The van der Waals surface area contributed by atoms with Crippen molar-refractivity contribution in [2.75, 3.05) is 5.32 Å². The highest BCUT2D eigenvalue weighted by Crippen LogP contribution is 2.28. The number of aryl methyl sites for hydroxylation is 1. The molecule has 1 amide bonds. The van der Waals surface area contributed by atoms with Gasteiger partial charge >= 0.3 is 0 Å². The third-order valence-electron chi connectivity index (χ3n) is 3.82. The summed E-state index contributed by atoms with van der Waals surface area (Å²) >= 11 is 13.2. The Bertz CT molecular complexity index is 944. The van der Waals surface area contributed by atoms with Gasteiger partial charge in [-0.05, 0) is 49.2 Å². The lowest BCUT2D eigenvalue weighted by molar-refractivity contribution is -0.122. The van der Waals surface area contributed by atoms with Gasteiger partial charge in [-0.2, -0.15) is 0 Å². The van der Waals surface area contributed by atoms with E-state index in [-0.39, 0.29) is 5.91 Å². The third-order valence-corrected chi connectivity index (χ3v) is 5.38. The summed E-state index contributed by atoms with van der Waals surface area (Å²) in [7, 11) is 0. The minimum atomic E-state index is -0.645. The number of nitrogens with zero attached hydrogens (tertiary/aromatic N) is 2. The molecule has 1 unspecified atom stereocenters. The van der Waals surface area contributed by atoms with E-state index in [0.29, 0.717) is 32.4 Å². The highest BCUT2D eigenvalue weighted by molar-refractivity contribution is 7.18. The maximum atomic E-state index is 12.5. The lowest BCUT2D eigenvalue weighted by Crippen LogP contribution is -2.32. The number of halogens is 2. The van der Waals surface area contributed by atoms with Crippen molar-refractivity contribution in [1.82, 2.24) is 10.2 Å². The summed E-state index contributed by atoms with van der Waals surface area (Å²) in [6, 6.07) is 12.6. The van der Waals surface area contributed by atoms with Gasteiger partial charge in [0.15, 0.2) is 6.10 Å². The van der Waals surface area contributed by atoms with Crippen LogP contribution in [0.4, 0.5) is 5.13 Å². The van der Waals surface area contributed by atoms with E-state index < -0.39 is 6.10 Å². The number of carbonyl (C=O) groups excluding carboxylic acids is 1. The molecule has 0 radical (unpaired) electrons. The number of benzene rings is 2. The molecule has 3 rings (SSSR count). The normalized spacial score (nSPS) is 11.9. The number of aromatic nitrogens is 2. The summed E-state index contributed by atoms with van der Waals surface area (Å²) in [5, 5.41) is 13.3. The second kappa shape index (κ2) is 8.69. The second-order valence-electron chi connectivity index (χ2n) is 5.83. The van der Waals surface area contributed by atoms with E-state index in [9.17, 15) is 4.79 Å². The van der Waals surface area contributed by atoms with E-state index in [1.165, 1.54) is 11.3 Å². The molecule has 5 nitrogen and oxygen atoms in total. The molecule has 0 saturated carbocycles. The minimum Gasteiger partial charge on any atom is -0.481 e. The molecule has 1 atom stereocenters. The van der Waals surface area contributed by atoms with Gasteiger partial charge in [-0.15, -0.1) is 10.2 Å². The van der Waals surface area contributed by atoms with Crippen LogP contribution in [0.25, 0.3) is 10.6 Å². The zero-order valence-electron chi connectivity index (χ0n) is 14.7. The van der Waals surface area contributed by atoms with E-state index in [4.69, 9.17) is 27.9 Å². The Morgan fingerprint density at radius 3 is 2.59 bits per heavy atom. The first-order chi connectivity index (χ1) is 13.0. The molecule has 0 saturated heterocycles. The van der Waals surface area contributed by atoms with Crippen LogP contribution in [0.1, 0.15) is 18.9 Å². The first kappa shape index (κ1) is 19.6. The summed E-state index contributed by atoms with van der Waals surface area (Å²) < 4.78 is 5.81. The predicted molar refractivity (Wildman–Crippen MR) is 110 cm³/mol. The molecular formula is C19H17Cl2N3O2S. The highest BCUT2D eigenvalue weighted by atomic mass is 35.5. The Balaban J connectivity index is 1.67. The Hall–Kier alpha value is -2.15. The van der Waals surface area contributed by atoms with E-state index in [1.807, 2.05) is 32.0 Å². The van der Waals surface area contributed by atoms with Crippen molar-refractivity contribution < 1.29 is 9.53 Å². The summed E-state index contributed by atoms with van der Waals surface area (Å²) in [6.07, 6.45) is -0.135. The lowest BCUT2D eigenvalue weighted by atomic mass is 10.2. The first-order valence-electron chi connectivity index (χ1n) is 8.29. The topological polar surface area (TPSA) is 64.1 Å². The predicted octanol–water partition coefficient (Wildman–Crippen LogP) is 5.62. The monoisotopic (exact) mass is 421 g/mol. The number of ether oxygens (including phenoxy) is 1. The molecule has 0 aliphatic carbocycles. The van der Waals surface area contributed by atoms with Gasteiger partial charge in [0.25, 0.3) is 5.91 Å². The lowest BCUT2D eigenvalue weighted by Gasteiger charge is -2.16. The van der Waals surface area contributed by atoms with Crippen molar-refractivity contribution in [3.8, 4) is 16.3 Å². The zero-order chi connectivity index (χ0) is 19.4. The van der Waals surface area contributed by atoms with Crippen LogP contribution in [0.3, 0.4) is 0 Å². The highest BCUT2D eigenvalue weighted by Gasteiger charge is 2.20. The number of nitrogens with one attached hydrogen (secondary N) is 1. The number of anilines is 1. The van der Waals surface area contributed by atoms with Crippen molar-refractivity contribution in [2.24, 2.45) is 0 Å². The molecular weight excluding hydrogens is 405 g/mol. The first-order valence-corrected chi connectivity index (χ1v) is 9.86. The Kier molecular flexibility index (Phi) is 6.31. The maximum Gasteiger partial charge on any atom is 0.267 e. The van der Waals surface area contributed by atoms with Crippen molar-refractivity contribution >= 4 is 45.6 Å². The van der Waals surface area contributed by atoms with Gasteiger partial charge in [0.2, 0.25) is 5.13 Å². The molecule has 3 aromatic rings. The van der Waals surface area contributed by atoms with Crippen molar-refractivity contribution in [3.63, 3.8) is 0 Å². The summed E-state index contributed by atoms with van der Waals surface area (Å²) in [5.41, 5.74) is 1.78. The van der Waals surface area contributed by atoms with Gasteiger partial charge < -0.3 is 4.74 Å². The average molecular weight is 422 g/mol. The summed E-state index contributed by atoms with van der Waals surface area (Å²) in [4.78, 5) is 12.5. The fourth-order valence-electron chi connectivity index (χ4n) is 2.35. The number of hydrogen-bond acceptors (Lipinski definition) is 5. The molecule has 0 bridgehead atoms. The molecule has 0 spiro atoms. The van der Waals surface area contributed by atoms with Crippen LogP contribution in [-0.4, -0.2) is 22.2 Å². The van der Waals surface area contributed by atoms with Gasteiger partial charge in [-0.1, -0.05) is 53.6 Å². The standard InChI is InChI=1S/C19H17Cl2N3O2S/c1-3-16(26-14-8-9-15(21)11(2)10-14)17(25)22-19-24-23-18(27-19)12-4-6-13(20)7-5-12/h4-10,16H,3H2,1-2H3,(H,22,24,25). The number of amides is 1. The van der Waals surface area contributed by atoms with Gasteiger partial charge in [0, 0.05) is 15.6 Å². The molecule has 1 N–H and O–H groups in total. The van der Waals surface area contributed by atoms with E-state index in [0.717, 1.165) is 11.1 Å². The minimum absolute atomic E-state index is 0.274. The van der Waals surface area contributed by atoms with Crippen LogP contribution in [0.2, 0.25) is 10.0 Å². The van der Waals surface area contributed by atoms with Crippen molar-refractivity contribution in [2.45, 2.75) is 26.4 Å². The second-order valence-corrected chi connectivity index (χ2v) is 7.66. The molecule has 8 heteroatoms. The molecule has 0 aliphatic heterocycles. The number of rotatable bonds is 6. The summed E-state index contributed by atoms with van der Waals surface area (Å²) in [5.74, 6) is 0.321. The van der Waals surface area contributed by atoms with Gasteiger partial charge in [0.05, 0.1) is 0 Å². The Morgan fingerprint density at radius 2 is 1.93 bits per heavy atom. The van der Waals surface area contributed by atoms with Crippen LogP contribution in [-0.2, 0) is 4.79 Å². The SMILES string of the molecule is CCC(Oc1ccc(Cl)c(C)c1)C(=O)Nc1nnc(-c2ccc(Cl)cc2)s1. The molecule has 140 valence electrons. The molecule has 1 aromatic heterocycles. The van der Waals surface area contributed by atoms with Crippen LogP contribution in [0.15, 0.2) is 42.5 Å². The van der Waals surface area contributed by atoms with Crippen LogP contribution < -0.4 is 10.1 Å². The van der Waals surface area contributed by atoms with Gasteiger partial charge in [-0.3, -0.25) is 10.1 Å². The van der Waals surface area contributed by atoms with E-state index in [2.05, 4.69) is 15.5 Å². The maximum absolute atomic E-state index is 12.5. The molecule has 27 heavy (non-hydrogen) atoms. The van der Waals surface area contributed by atoms with Crippen molar-refractivity contribution in [1.29, 1.82) is 0 Å². The molecule has 1 heterocycles. The fourth-order valence-corrected chi connectivity index (χ4v) is 3.34. The zero-order valence-corrected chi connectivity index (χ0v) is 17.0. The van der Waals surface area contributed by atoms with Crippen molar-refractivity contribution in [3.05, 3.63) is 58.1 Å². The largest absolute Gasteiger partial charge is 0.481 e. The fraction of sp³-hybridized carbons (Fsp3) is 0.211. The van der Waals surface area contributed by atoms with E-state index >= 15 is 0 Å². The van der Waals surface area contributed by atoms with Crippen LogP contribution >= 0.6 is 34.5 Å². The van der Waals surface area contributed by atoms with Gasteiger partial charge in [0.1, 0.15) is 10.8 Å². The third kappa shape index (κ3) is 4.97. The quantitative estimate of drug-likeness (QED) is 0.560. The smallest absolute Gasteiger partial charge is 0.267 e. The molecule has 0 fully saturated rings. The van der Waals surface area contributed by atoms with E-state index in [1.54, 1.807) is 24.3 Å². The Labute approximate surface area is 171 Å². The van der Waals surface area contributed by atoms with Crippen LogP contribution in [0, 0.1) is 6.92 Å². The van der Waals surface area contributed by atoms with Crippen LogP contribution in [0.5, 0.6) is 5.75 Å². The average Bonchev–Trinajstić information content (AvgIpc) is 3.11. The number of carbonyl (C=O) groups is 1. The van der Waals surface area contributed by atoms with Gasteiger partial charge in [-0.25, -0.2) is 0 Å². The Morgan fingerprint density at radius 1 is 1.19 bits per heavy atom. The molecule has 0 aliphatic rings. The number of hydrogen-bond donors (Lipinski definition) is 1. The molecule has 2 aromatic carbocycles. The summed E-state index contributed by atoms with van der Waals surface area (Å²) in [6.45, 7) is 3.77.